The van der Waals surface area contributed by atoms with Gasteiger partial charge in [0.25, 0.3) is 0 Å². The predicted octanol–water partition coefficient (Wildman–Crippen LogP) is 5.04. The third-order valence-corrected chi connectivity index (χ3v) is 4.22. The van der Waals surface area contributed by atoms with Gasteiger partial charge in [0.05, 0.1) is 23.2 Å². The van der Waals surface area contributed by atoms with Gasteiger partial charge in [-0.1, -0.05) is 11.6 Å². The molecule has 0 radical (unpaired) electrons. The molecule has 0 aliphatic carbocycles. The number of nitro benzene ring substituents is 1. The van der Waals surface area contributed by atoms with Crippen molar-refractivity contribution >= 4 is 29.2 Å². The van der Waals surface area contributed by atoms with Crippen LogP contribution in [0.5, 0.6) is 11.5 Å². The van der Waals surface area contributed by atoms with Gasteiger partial charge in [0, 0.05) is 16.7 Å². The highest BCUT2D eigenvalue weighted by Crippen LogP contribution is 2.39. The monoisotopic (exact) mass is 478 g/mol. The maximum Gasteiger partial charge on any atom is 0.325 e. The topological polar surface area (TPSA) is 129 Å². The minimum atomic E-state index is -1.86. The minimum Gasteiger partial charge on any atom is -0.465 e. The molecule has 0 heterocycles. The number of halogens is 2. The summed E-state index contributed by atoms with van der Waals surface area (Å²) in [6, 6.07) is 7.36. The van der Waals surface area contributed by atoms with E-state index < -0.39 is 51.2 Å². The van der Waals surface area contributed by atoms with Gasteiger partial charge in [0.2, 0.25) is 5.75 Å². The lowest BCUT2D eigenvalue weighted by Crippen LogP contribution is -2.33. The SMILES string of the molecule is CCOC(=O)C(C(=O)OC(C)(C)C)c1ccc([N+](=O)[O-])c(Oc2cc(Cl)cc(C#N)c2)c1F. The van der Waals surface area contributed by atoms with Gasteiger partial charge in [-0.2, -0.15) is 5.26 Å². The van der Waals surface area contributed by atoms with Gasteiger partial charge in [0.1, 0.15) is 11.4 Å². The predicted molar refractivity (Wildman–Crippen MR) is 115 cm³/mol. The second kappa shape index (κ2) is 10.3. The van der Waals surface area contributed by atoms with Crippen LogP contribution in [0.3, 0.4) is 0 Å². The molecule has 1 unspecified atom stereocenters. The summed E-state index contributed by atoms with van der Waals surface area (Å²) in [4.78, 5) is 35.8. The Bertz CT molecular complexity index is 1140. The molecule has 0 fully saturated rings. The third kappa shape index (κ3) is 6.40. The van der Waals surface area contributed by atoms with Crippen molar-refractivity contribution in [2.24, 2.45) is 0 Å². The standard InChI is InChI=1S/C22H20ClFN2O7/c1-5-31-20(27)17(21(28)33-22(2,3)4)15-6-7-16(26(29)30)19(18(15)24)32-14-9-12(11-25)8-13(23)10-14/h6-10,17H,5H2,1-4H3. The molecule has 174 valence electrons. The van der Waals surface area contributed by atoms with Crippen LogP contribution in [0.2, 0.25) is 5.02 Å². The molecule has 0 saturated carbocycles. The number of esters is 2. The van der Waals surface area contributed by atoms with Crippen LogP contribution in [-0.2, 0) is 19.1 Å². The van der Waals surface area contributed by atoms with E-state index in [1.807, 2.05) is 6.07 Å². The maximum atomic E-state index is 15.6. The van der Waals surface area contributed by atoms with E-state index in [1.54, 1.807) is 20.8 Å². The van der Waals surface area contributed by atoms with E-state index in [-0.39, 0.29) is 22.9 Å². The van der Waals surface area contributed by atoms with Gasteiger partial charge in [-0.25, -0.2) is 4.39 Å². The number of ether oxygens (including phenoxy) is 3. The number of nitrogens with zero attached hydrogens (tertiary/aromatic N) is 2. The number of carbonyl (C=O) groups is 2. The summed E-state index contributed by atoms with van der Waals surface area (Å²) in [5.41, 5.74) is -2.25. The van der Waals surface area contributed by atoms with Crippen molar-refractivity contribution in [3.05, 3.63) is 62.4 Å². The smallest absolute Gasteiger partial charge is 0.325 e. The zero-order chi connectivity index (χ0) is 24.9. The van der Waals surface area contributed by atoms with Gasteiger partial charge < -0.3 is 14.2 Å². The summed E-state index contributed by atoms with van der Waals surface area (Å²) >= 11 is 5.92. The molecule has 0 spiro atoms. The number of hydrogen-bond acceptors (Lipinski definition) is 8. The maximum absolute atomic E-state index is 15.6. The summed E-state index contributed by atoms with van der Waals surface area (Å²) in [7, 11) is 0. The van der Waals surface area contributed by atoms with Crippen LogP contribution >= 0.6 is 11.6 Å². The number of rotatable bonds is 7. The highest BCUT2D eigenvalue weighted by atomic mass is 35.5. The first-order valence-corrected chi connectivity index (χ1v) is 10.0. The molecule has 2 aromatic carbocycles. The lowest BCUT2D eigenvalue weighted by atomic mass is 9.97. The zero-order valence-corrected chi connectivity index (χ0v) is 18.9. The zero-order valence-electron chi connectivity index (χ0n) is 18.2. The fourth-order valence-electron chi connectivity index (χ4n) is 2.77. The van der Waals surface area contributed by atoms with E-state index in [0.29, 0.717) is 0 Å². The van der Waals surface area contributed by atoms with E-state index in [1.165, 1.54) is 25.1 Å². The average molecular weight is 479 g/mol. The fourth-order valence-corrected chi connectivity index (χ4v) is 2.99. The number of nitriles is 1. The van der Waals surface area contributed by atoms with Crippen molar-refractivity contribution in [1.82, 2.24) is 0 Å². The normalized spacial score (nSPS) is 11.8. The molecular weight excluding hydrogens is 459 g/mol. The summed E-state index contributed by atoms with van der Waals surface area (Å²) in [5, 5.41) is 20.6. The second-order valence-corrected chi connectivity index (χ2v) is 8.12. The molecule has 0 aliphatic heterocycles. The van der Waals surface area contributed by atoms with E-state index in [4.69, 9.17) is 31.1 Å². The molecule has 0 aromatic heterocycles. The Morgan fingerprint density at radius 3 is 2.45 bits per heavy atom. The quantitative estimate of drug-likeness (QED) is 0.234. The van der Waals surface area contributed by atoms with Crippen LogP contribution in [0.4, 0.5) is 10.1 Å². The van der Waals surface area contributed by atoms with Crippen LogP contribution in [0.25, 0.3) is 0 Å². The lowest BCUT2D eigenvalue weighted by Gasteiger charge is -2.23. The van der Waals surface area contributed by atoms with Crippen LogP contribution in [0.1, 0.15) is 44.7 Å². The highest BCUT2D eigenvalue weighted by molar-refractivity contribution is 6.30. The van der Waals surface area contributed by atoms with Crippen molar-refractivity contribution in [2.75, 3.05) is 6.61 Å². The summed E-state index contributed by atoms with van der Waals surface area (Å²) in [6.07, 6.45) is 0. The first kappa shape index (κ1) is 25.5. The average Bonchev–Trinajstić information content (AvgIpc) is 2.69. The number of hydrogen-bond donors (Lipinski definition) is 0. The van der Waals surface area contributed by atoms with Crippen molar-refractivity contribution < 1.29 is 33.1 Å². The summed E-state index contributed by atoms with van der Waals surface area (Å²) in [5.74, 6) is -6.44. The van der Waals surface area contributed by atoms with E-state index in [9.17, 15) is 19.7 Å². The fraction of sp³-hybridized carbons (Fsp3) is 0.318. The molecule has 0 amide bonds. The van der Waals surface area contributed by atoms with Crippen molar-refractivity contribution in [2.45, 2.75) is 39.2 Å². The molecule has 0 bridgehead atoms. The molecule has 2 aromatic rings. The van der Waals surface area contributed by atoms with E-state index >= 15 is 4.39 Å². The number of benzene rings is 2. The van der Waals surface area contributed by atoms with Gasteiger partial charge in [-0.15, -0.1) is 0 Å². The molecule has 33 heavy (non-hydrogen) atoms. The molecule has 1 atom stereocenters. The number of carbonyl (C=O) groups excluding carboxylic acids is 2. The Kier molecular flexibility index (Phi) is 7.95. The van der Waals surface area contributed by atoms with Crippen molar-refractivity contribution in [1.29, 1.82) is 5.26 Å². The van der Waals surface area contributed by atoms with Gasteiger partial charge in [-0.05, 0) is 52.0 Å². The van der Waals surface area contributed by atoms with Crippen LogP contribution < -0.4 is 4.74 Å². The summed E-state index contributed by atoms with van der Waals surface area (Å²) < 4.78 is 31.1. The number of nitro groups is 1. The molecule has 0 N–H and O–H groups in total. The Morgan fingerprint density at radius 2 is 1.91 bits per heavy atom. The molecule has 0 aliphatic rings. The third-order valence-electron chi connectivity index (χ3n) is 4.00. The Hall–Kier alpha value is -3.71. The minimum absolute atomic E-state index is 0.0647. The molecule has 11 heteroatoms. The first-order valence-electron chi connectivity index (χ1n) is 9.62. The van der Waals surface area contributed by atoms with Gasteiger partial charge in [0.15, 0.2) is 11.7 Å². The Balaban J connectivity index is 2.67. The Morgan fingerprint density at radius 1 is 1.24 bits per heavy atom. The van der Waals surface area contributed by atoms with Gasteiger partial charge >= 0.3 is 17.6 Å². The second-order valence-electron chi connectivity index (χ2n) is 7.68. The van der Waals surface area contributed by atoms with Crippen LogP contribution in [-0.4, -0.2) is 29.1 Å². The van der Waals surface area contributed by atoms with E-state index in [0.717, 1.165) is 12.1 Å². The summed E-state index contributed by atoms with van der Waals surface area (Å²) in [6.45, 7) is 6.06. The largest absolute Gasteiger partial charge is 0.465 e. The van der Waals surface area contributed by atoms with E-state index in [2.05, 4.69) is 0 Å². The molecule has 2 rings (SSSR count). The first-order chi connectivity index (χ1) is 15.4. The Labute approximate surface area is 193 Å². The lowest BCUT2D eigenvalue weighted by molar-refractivity contribution is -0.385. The van der Waals surface area contributed by atoms with Crippen molar-refractivity contribution in [3.63, 3.8) is 0 Å². The van der Waals surface area contributed by atoms with Crippen LogP contribution in [0, 0.1) is 27.3 Å². The van der Waals surface area contributed by atoms with Gasteiger partial charge in [-0.3, -0.25) is 19.7 Å². The highest BCUT2D eigenvalue weighted by Gasteiger charge is 2.38. The molecule has 0 saturated heterocycles. The molecule has 9 nitrogen and oxygen atoms in total. The van der Waals surface area contributed by atoms with Crippen LogP contribution in [0.15, 0.2) is 30.3 Å². The molecular formula is C22H20ClFN2O7. The van der Waals surface area contributed by atoms with Crippen molar-refractivity contribution in [3.8, 4) is 17.6 Å².